The predicted molar refractivity (Wildman–Crippen MR) is 83.1 cm³/mol. The standard InChI is InChI=1S/C18H11NO/c1-3-7-14-11(5-1)12-9-10-16-17(18(12)19-14)13-6-2-4-8-15(13)20-16/h1-10,19H/i1D,2D,3D,4D,5D,6D,7D,8D,9D,10D. The lowest BCUT2D eigenvalue weighted by Gasteiger charge is -1.93. The van der Waals surface area contributed by atoms with Crippen LogP contribution in [0, 0.1) is 0 Å². The van der Waals surface area contributed by atoms with Gasteiger partial charge in [-0.15, -0.1) is 0 Å². The van der Waals surface area contributed by atoms with Crippen molar-refractivity contribution in [3.8, 4) is 0 Å². The highest BCUT2D eigenvalue weighted by molar-refractivity contribution is 6.23. The van der Waals surface area contributed by atoms with Crippen LogP contribution in [0.15, 0.2) is 64.8 Å². The lowest BCUT2D eigenvalue weighted by Crippen LogP contribution is -1.71. The maximum absolute atomic E-state index is 8.44. The van der Waals surface area contributed by atoms with E-state index in [2.05, 4.69) is 4.98 Å². The summed E-state index contributed by atoms with van der Waals surface area (Å²) in [5.74, 6) is 0. The lowest BCUT2D eigenvalue weighted by atomic mass is 10.1. The molecular weight excluding hydrogens is 246 g/mol. The molecule has 0 spiro atoms. The number of para-hydroxylation sites is 2. The van der Waals surface area contributed by atoms with Crippen molar-refractivity contribution in [1.82, 2.24) is 4.98 Å². The van der Waals surface area contributed by atoms with Crippen LogP contribution in [-0.2, 0) is 0 Å². The van der Waals surface area contributed by atoms with Gasteiger partial charge in [0.15, 0.2) is 0 Å². The third kappa shape index (κ3) is 1.14. The van der Waals surface area contributed by atoms with Crippen LogP contribution in [0.25, 0.3) is 43.7 Å². The highest BCUT2D eigenvalue weighted by atomic mass is 16.3. The molecule has 0 aliphatic heterocycles. The van der Waals surface area contributed by atoms with E-state index in [1.165, 1.54) is 0 Å². The lowest BCUT2D eigenvalue weighted by molar-refractivity contribution is 0.669. The Balaban J connectivity index is 2.20. The van der Waals surface area contributed by atoms with Crippen LogP contribution in [0.1, 0.15) is 13.7 Å². The molecule has 0 aliphatic rings. The van der Waals surface area contributed by atoms with Crippen LogP contribution in [0.2, 0.25) is 0 Å². The number of rotatable bonds is 0. The minimum absolute atomic E-state index is 0.0244. The number of aromatic nitrogens is 1. The number of fused-ring (bicyclic) bond motifs is 7. The number of hydrogen-bond donors (Lipinski definition) is 1. The highest BCUT2D eigenvalue weighted by Gasteiger charge is 2.12. The Hall–Kier alpha value is -2.74. The zero-order chi connectivity index (χ0) is 21.8. The SMILES string of the molecule is [2H]c1c([2H])c([2H])c2c([nH]c3c2c([2H])c([2H])c2oc4c([2H])c([2H])c([2H])c([2H])c4c23)c1[2H]. The molecule has 20 heavy (non-hydrogen) atoms. The van der Waals surface area contributed by atoms with Gasteiger partial charge < -0.3 is 9.40 Å². The molecule has 2 nitrogen and oxygen atoms in total. The molecule has 5 aromatic rings. The molecule has 0 atom stereocenters. The van der Waals surface area contributed by atoms with E-state index in [1.807, 2.05) is 0 Å². The Morgan fingerprint density at radius 3 is 2.50 bits per heavy atom. The quantitative estimate of drug-likeness (QED) is 0.409. The fraction of sp³-hybridized carbons (Fsp3) is 0. The van der Waals surface area contributed by atoms with Crippen LogP contribution >= 0.6 is 0 Å². The molecule has 94 valence electrons. The maximum atomic E-state index is 8.44. The minimum atomic E-state index is -0.489. The van der Waals surface area contributed by atoms with Gasteiger partial charge in [-0.25, -0.2) is 0 Å². The van der Waals surface area contributed by atoms with Crippen molar-refractivity contribution in [2.45, 2.75) is 0 Å². The van der Waals surface area contributed by atoms with E-state index in [1.54, 1.807) is 0 Å². The number of benzene rings is 3. The van der Waals surface area contributed by atoms with Gasteiger partial charge in [0.1, 0.15) is 11.2 Å². The summed E-state index contributed by atoms with van der Waals surface area (Å²) in [6, 6.07) is -4.09. The first-order chi connectivity index (χ1) is 14.1. The highest BCUT2D eigenvalue weighted by Crippen LogP contribution is 2.36. The van der Waals surface area contributed by atoms with Crippen molar-refractivity contribution < 1.29 is 18.1 Å². The van der Waals surface area contributed by atoms with Gasteiger partial charge in [-0.2, -0.15) is 0 Å². The van der Waals surface area contributed by atoms with E-state index in [-0.39, 0.29) is 74.0 Å². The van der Waals surface area contributed by atoms with Crippen LogP contribution in [0.5, 0.6) is 0 Å². The predicted octanol–water partition coefficient (Wildman–Crippen LogP) is 5.22. The van der Waals surface area contributed by atoms with Gasteiger partial charge in [-0.1, -0.05) is 36.3 Å². The van der Waals surface area contributed by atoms with Gasteiger partial charge >= 0.3 is 0 Å². The Bertz CT molecular complexity index is 1600. The second-order valence-electron chi connectivity index (χ2n) is 4.39. The zero-order valence-corrected chi connectivity index (χ0v) is 9.91. The Morgan fingerprint density at radius 2 is 1.55 bits per heavy atom. The summed E-state index contributed by atoms with van der Waals surface area (Å²) in [5.41, 5.74) is -0.0608. The third-order valence-corrected chi connectivity index (χ3v) is 3.32. The molecule has 0 unspecified atom stereocenters. The molecule has 5 rings (SSSR count). The first kappa shape index (κ1) is 4.67. The van der Waals surface area contributed by atoms with Crippen LogP contribution in [0.3, 0.4) is 0 Å². The second kappa shape index (κ2) is 3.42. The molecule has 0 bridgehead atoms. The smallest absolute Gasteiger partial charge is 0.137 e. The molecule has 0 radical (unpaired) electrons. The molecule has 3 aromatic carbocycles. The van der Waals surface area contributed by atoms with Gasteiger partial charge in [0.25, 0.3) is 0 Å². The summed E-state index contributed by atoms with van der Waals surface area (Å²) >= 11 is 0. The van der Waals surface area contributed by atoms with Crippen molar-refractivity contribution in [3.05, 3.63) is 60.4 Å². The summed E-state index contributed by atoms with van der Waals surface area (Å²) in [6.07, 6.45) is 0. The van der Waals surface area contributed by atoms with Crippen molar-refractivity contribution in [2.24, 2.45) is 0 Å². The summed E-state index contributed by atoms with van der Waals surface area (Å²) in [6.45, 7) is 0. The Kier molecular flexibility index (Phi) is 0.799. The molecule has 2 heteroatoms. The van der Waals surface area contributed by atoms with Crippen LogP contribution in [0.4, 0.5) is 0 Å². The Labute approximate surface area is 128 Å². The van der Waals surface area contributed by atoms with E-state index >= 15 is 0 Å². The maximum Gasteiger partial charge on any atom is 0.137 e. The fourth-order valence-electron chi connectivity index (χ4n) is 2.48. The van der Waals surface area contributed by atoms with Gasteiger partial charge in [0, 0.05) is 21.7 Å². The molecular formula is C18H11NO. The van der Waals surface area contributed by atoms with Gasteiger partial charge in [0.05, 0.1) is 24.6 Å². The number of nitrogens with one attached hydrogen (secondary N) is 1. The van der Waals surface area contributed by atoms with Gasteiger partial charge in [0.2, 0.25) is 0 Å². The third-order valence-electron chi connectivity index (χ3n) is 3.32. The van der Waals surface area contributed by atoms with E-state index < -0.39 is 30.2 Å². The summed E-state index contributed by atoms with van der Waals surface area (Å²) in [4.78, 5) is 2.90. The first-order valence-corrected chi connectivity index (χ1v) is 5.91. The molecule has 0 saturated heterocycles. The van der Waals surface area contributed by atoms with Crippen molar-refractivity contribution in [3.63, 3.8) is 0 Å². The van der Waals surface area contributed by atoms with E-state index in [0.717, 1.165) is 0 Å². The van der Waals surface area contributed by atoms with Crippen LogP contribution < -0.4 is 0 Å². The molecule has 0 aliphatic carbocycles. The zero-order valence-electron chi connectivity index (χ0n) is 19.9. The molecule has 2 aromatic heterocycles. The number of H-pyrrole nitrogens is 1. The van der Waals surface area contributed by atoms with Crippen molar-refractivity contribution in [2.75, 3.05) is 0 Å². The van der Waals surface area contributed by atoms with E-state index in [4.69, 9.17) is 18.1 Å². The fourth-order valence-corrected chi connectivity index (χ4v) is 2.48. The molecule has 0 fully saturated rings. The van der Waals surface area contributed by atoms with Gasteiger partial charge in [-0.3, -0.25) is 0 Å². The number of aromatic amines is 1. The largest absolute Gasteiger partial charge is 0.456 e. The van der Waals surface area contributed by atoms with Gasteiger partial charge in [-0.05, 0) is 24.2 Å². The topological polar surface area (TPSA) is 28.9 Å². The molecule has 2 heterocycles. The average Bonchev–Trinajstić information content (AvgIpc) is 3.31. The van der Waals surface area contributed by atoms with Crippen LogP contribution in [-0.4, -0.2) is 4.98 Å². The summed E-state index contributed by atoms with van der Waals surface area (Å²) in [7, 11) is 0. The number of hydrogen-bond acceptors (Lipinski definition) is 1. The van der Waals surface area contributed by atoms with Crippen molar-refractivity contribution in [1.29, 1.82) is 0 Å². The summed E-state index contributed by atoms with van der Waals surface area (Å²) in [5, 5.41) is 0.286. The normalized spacial score (nSPS) is 19.0. The molecule has 0 saturated carbocycles. The Morgan fingerprint density at radius 1 is 0.750 bits per heavy atom. The summed E-state index contributed by atoms with van der Waals surface area (Å²) < 4.78 is 87.0. The first-order valence-electron chi connectivity index (χ1n) is 10.9. The molecule has 0 amide bonds. The van der Waals surface area contributed by atoms with Crippen molar-refractivity contribution >= 4 is 43.7 Å². The minimum Gasteiger partial charge on any atom is -0.456 e. The number of furan rings is 1. The average molecular weight is 267 g/mol. The molecule has 1 N–H and O–H groups in total. The van der Waals surface area contributed by atoms with E-state index in [9.17, 15) is 0 Å². The monoisotopic (exact) mass is 267 g/mol. The van der Waals surface area contributed by atoms with E-state index in [0.29, 0.717) is 0 Å². The second-order valence-corrected chi connectivity index (χ2v) is 4.39.